The van der Waals surface area contributed by atoms with E-state index in [2.05, 4.69) is 25.9 Å². The predicted octanol–water partition coefficient (Wildman–Crippen LogP) is 1.64. The molecule has 4 rings (SSSR count). The lowest BCUT2D eigenvalue weighted by atomic mass is 9.80. The second-order valence-electron chi connectivity index (χ2n) is 6.48. The lowest BCUT2D eigenvalue weighted by Crippen LogP contribution is -2.28. The third-order valence-corrected chi connectivity index (χ3v) is 4.93. The van der Waals surface area contributed by atoms with Crippen molar-refractivity contribution < 1.29 is 0 Å². The van der Waals surface area contributed by atoms with Crippen molar-refractivity contribution in [1.29, 1.82) is 0 Å². The summed E-state index contributed by atoms with van der Waals surface area (Å²) in [5.74, 6) is 1.76. The lowest BCUT2D eigenvalue weighted by molar-refractivity contribution is 0.313. The number of H-pyrrole nitrogens is 1. The highest BCUT2D eigenvalue weighted by molar-refractivity contribution is 5.28. The van der Waals surface area contributed by atoms with Gasteiger partial charge in [0, 0.05) is 43.5 Å². The highest BCUT2D eigenvalue weighted by Gasteiger charge is 2.39. The van der Waals surface area contributed by atoms with Crippen LogP contribution in [-0.4, -0.2) is 32.9 Å². The number of hydrogen-bond acceptors (Lipinski definition) is 4. The average Bonchev–Trinajstić information content (AvgIpc) is 2.91. The van der Waals surface area contributed by atoms with Crippen LogP contribution in [0.3, 0.4) is 0 Å². The Morgan fingerprint density at radius 2 is 2.32 bits per heavy atom. The fourth-order valence-electron chi connectivity index (χ4n) is 3.95. The highest BCUT2D eigenvalue weighted by atomic mass is 16.1. The molecule has 1 N–H and O–H groups in total. The lowest BCUT2D eigenvalue weighted by Gasteiger charge is -2.25. The summed E-state index contributed by atoms with van der Waals surface area (Å²) in [6.07, 6.45) is 5.69. The van der Waals surface area contributed by atoms with Gasteiger partial charge in [-0.05, 0) is 37.3 Å². The number of aryl methyl sites for hydroxylation is 1. The molecule has 0 saturated carbocycles. The second kappa shape index (κ2) is 5.32. The SMILES string of the molecule is Cc1nc2c(c(=O)[nH]1)CC[C@@H]1CN(Cc3cccnc3)C[C@H]21. The van der Waals surface area contributed by atoms with Crippen molar-refractivity contribution in [3.05, 3.63) is 57.5 Å². The van der Waals surface area contributed by atoms with E-state index in [1.807, 2.05) is 25.4 Å². The van der Waals surface area contributed by atoms with Crippen molar-refractivity contribution in [3.63, 3.8) is 0 Å². The Morgan fingerprint density at radius 3 is 3.14 bits per heavy atom. The Bertz CT molecular complexity index is 740. The smallest absolute Gasteiger partial charge is 0.254 e. The van der Waals surface area contributed by atoms with Gasteiger partial charge < -0.3 is 4.98 Å². The van der Waals surface area contributed by atoms with Gasteiger partial charge in [-0.15, -0.1) is 0 Å². The molecule has 22 heavy (non-hydrogen) atoms. The molecule has 0 unspecified atom stereocenters. The van der Waals surface area contributed by atoms with E-state index in [0.717, 1.165) is 49.6 Å². The van der Waals surface area contributed by atoms with Gasteiger partial charge >= 0.3 is 0 Å². The molecule has 1 fully saturated rings. The zero-order valence-corrected chi connectivity index (χ0v) is 12.7. The summed E-state index contributed by atoms with van der Waals surface area (Å²) in [4.78, 5) is 26.3. The molecule has 0 amide bonds. The van der Waals surface area contributed by atoms with Crippen molar-refractivity contribution in [2.24, 2.45) is 5.92 Å². The van der Waals surface area contributed by atoms with E-state index in [9.17, 15) is 4.79 Å². The quantitative estimate of drug-likeness (QED) is 0.915. The van der Waals surface area contributed by atoms with E-state index in [1.54, 1.807) is 0 Å². The minimum Gasteiger partial charge on any atom is -0.311 e. The van der Waals surface area contributed by atoms with Crippen LogP contribution in [0.4, 0.5) is 0 Å². The number of fused-ring (bicyclic) bond motifs is 3. The summed E-state index contributed by atoms with van der Waals surface area (Å²) in [5.41, 5.74) is 3.27. The van der Waals surface area contributed by atoms with Gasteiger partial charge in [0.05, 0.1) is 5.69 Å². The van der Waals surface area contributed by atoms with Gasteiger partial charge in [0.25, 0.3) is 5.56 Å². The first kappa shape index (κ1) is 13.6. The summed E-state index contributed by atoms with van der Waals surface area (Å²) < 4.78 is 0. The summed E-state index contributed by atoms with van der Waals surface area (Å²) in [6.45, 7) is 4.88. The molecule has 2 aromatic rings. The van der Waals surface area contributed by atoms with E-state index < -0.39 is 0 Å². The topological polar surface area (TPSA) is 61.9 Å². The molecule has 2 aliphatic rings. The molecule has 5 nitrogen and oxygen atoms in total. The van der Waals surface area contributed by atoms with Crippen LogP contribution in [0.15, 0.2) is 29.3 Å². The predicted molar refractivity (Wildman–Crippen MR) is 83.7 cm³/mol. The third-order valence-electron chi connectivity index (χ3n) is 4.93. The Labute approximate surface area is 129 Å². The van der Waals surface area contributed by atoms with Gasteiger partial charge in [-0.3, -0.25) is 14.7 Å². The molecule has 1 aliphatic heterocycles. The van der Waals surface area contributed by atoms with E-state index in [-0.39, 0.29) is 5.56 Å². The molecule has 2 atom stereocenters. The molecule has 3 heterocycles. The van der Waals surface area contributed by atoms with Crippen molar-refractivity contribution in [2.75, 3.05) is 13.1 Å². The fraction of sp³-hybridized carbons (Fsp3) is 0.471. The Kier molecular flexibility index (Phi) is 3.30. The van der Waals surface area contributed by atoms with Gasteiger partial charge in [-0.25, -0.2) is 4.98 Å². The summed E-state index contributed by atoms with van der Waals surface area (Å²) in [6, 6.07) is 4.11. The van der Waals surface area contributed by atoms with Crippen LogP contribution in [0.1, 0.15) is 35.0 Å². The van der Waals surface area contributed by atoms with E-state index in [4.69, 9.17) is 0 Å². The van der Waals surface area contributed by atoms with Crippen LogP contribution in [0.2, 0.25) is 0 Å². The molecular formula is C17H20N4O. The molecule has 0 aromatic carbocycles. The van der Waals surface area contributed by atoms with Crippen LogP contribution in [0.5, 0.6) is 0 Å². The van der Waals surface area contributed by atoms with Crippen LogP contribution in [0, 0.1) is 12.8 Å². The number of likely N-dealkylation sites (tertiary alicyclic amines) is 1. The minimum atomic E-state index is 0.0617. The van der Waals surface area contributed by atoms with Crippen molar-refractivity contribution in [2.45, 2.75) is 32.2 Å². The van der Waals surface area contributed by atoms with Crippen molar-refractivity contribution in [1.82, 2.24) is 19.9 Å². The molecule has 114 valence electrons. The monoisotopic (exact) mass is 296 g/mol. The van der Waals surface area contributed by atoms with Crippen LogP contribution in [0.25, 0.3) is 0 Å². The van der Waals surface area contributed by atoms with Crippen LogP contribution in [-0.2, 0) is 13.0 Å². The first-order valence-electron chi connectivity index (χ1n) is 7.91. The molecule has 0 radical (unpaired) electrons. The number of pyridine rings is 1. The molecule has 0 spiro atoms. The maximum absolute atomic E-state index is 12.1. The molecule has 1 aliphatic carbocycles. The van der Waals surface area contributed by atoms with Crippen molar-refractivity contribution in [3.8, 4) is 0 Å². The third kappa shape index (κ3) is 2.35. The maximum Gasteiger partial charge on any atom is 0.254 e. The van der Waals surface area contributed by atoms with Crippen molar-refractivity contribution >= 4 is 0 Å². The number of nitrogens with zero attached hydrogens (tertiary/aromatic N) is 3. The largest absolute Gasteiger partial charge is 0.311 e. The number of nitrogens with one attached hydrogen (secondary N) is 1. The average molecular weight is 296 g/mol. The Morgan fingerprint density at radius 1 is 1.41 bits per heavy atom. The molecular weight excluding hydrogens is 276 g/mol. The number of aromatic amines is 1. The van der Waals surface area contributed by atoms with Gasteiger partial charge in [0.1, 0.15) is 5.82 Å². The first-order chi connectivity index (χ1) is 10.7. The van der Waals surface area contributed by atoms with Gasteiger partial charge in [0.2, 0.25) is 0 Å². The Hall–Kier alpha value is -2.01. The molecule has 1 saturated heterocycles. The van der Waals surface area contributed by atoms with E-state index in [0.29, 0.717) is 11.8 Å². The number of aromatic nitrogens is 3. The van der Waals surface area contributed by atoms with Crippen LogP contribution >= 0.6 is 0 Å². The zero-order chi connectivity index (χ0) is 15.1. The van der Waals surface area contributed by atoms with Gasteiger partial charge in [-0.1, -0.05) is 6.07 Å². The first-order valence-corrected chi connectivity index (χ1v) is 7.91. The highest BCUT2D eigenvalue weighted by Crippen LogP contribution is 2.39. The molecule has 0 bridgehead atoms. The molecule has 2 aromatic heterocycles. The zero-order valence-electron chi connectivity index (χ0n) is 12.7. The normalized spacial score (nSPS) is 24.0. The van der Waals surface area contributed by atoms with E-state index >= 15 is 0 Å². The minimum absolute atomic E-state index is 0.0617. The number of hydrogen-bond donors (Lipinski definition) is 1. The van der Waals surface area contributed by atoms with Gasteiger partial charge in [0.15, 0.2) is 0 Å². The Balaban J connectivity index is 1.59. The number of rotatable bonds is 2. The van der Waals surface area contributed by atoms with E-state index in [1.165, 1.54) is 5.56 Å². The summed E-state index contributed by atoms with van der Waals surface area (Å²) >= 11 is 0. The summed E-state index contributed by atoms with van der Waals surface area (Å²) in [5, 5.41) is 0. The summed E-state index contributed by atoms with van der Waals surface area (Å²) in [7, 11) is 0. The maximum atomic E-state index is 12.1. The standard InChI is InChI=1S/C17H20N4O/c1-11-19-16-14(17(22)20-11)5-4-13-9-21(10-15(13)16)8-12-3-2-6-18-7-12/h2-3,6-7,13,15H,4-5,8-10H2,1H3,(H,19,20,22)/t13-,15+/m1/s1. The van der Waals surface area contributed by atoms with Crippen LogP contribution < -0.4 is 5.56 Å². The second-order valence-corrected chi connectivity index (χ2v) is 6.48. The molecule has 5 heteroatoms. The fourth-order valence-corrected chi connectivity index (χ4v) is 3.95. The van der Waals surface area contributed by atoms with Gasteiger partial charge in [-0.2, -0.15) is 0 Å².